The molecule has 0 atom stereocenters. The van der Waals surface area contributed by atoms with E-state index in [-0.39, 0.29) is 5.82 Å². The molecule has 0 unspecified atom stereocenters. The number of methoxy groups -OCH3 is 1. The Morgan fingerprint density at radius 3 is 2.82 bits per heavy atom. The van der Waals surface area contributed by atoms with E-state index in [1.807, 2.05) is 0 Å². The van der Waals surface area contributed by atoms with E-state index in [0.29, 0.717) is 22.8 Å². The zero-order chi connectivity index (χ0) is 12.3. The summed E-state index contributed by atoms with van der Waals surface area (Å²) in [6, 6.07) is 6.12. The van der Waals surface area contributed by atoms with Crippen LogP contribution in [-0.2, 0) is 0 Å². The highest BCUT2D eigenvalue weighted by Crippen LogP contribution is 2.26. The summed E-state index contributed by atoms with van der Waals surface area (Å²) in [7, 11) is 1.53. The third-order valence-electron chi connectivity index (χ3n) is 2.29. The van der Waals surface area contributed by atoms with Crippen LogP contribution in [-0.4, -0.2) is 12.1 Å². The molecule has 3 N–H and O–H groups in total. The molecule has 0 saturated carbocycles. The first-order chi connectivity index (χ1) is 8.20. The summed E-state index contributed by atoms with van der Waals surface area (Å²) in [6.07, 6.45) is 3.08. The van der Waals surface area contributed by atoms with Crippen LogP contribution in [0.1, 0.15) is 0 Å². The predicted octanol–water partition coefficient (Wildman–Crippen LogP) is 2.56. The molecule has 1 heterocycles. The van der Waals surface area contributed by atoms with Crippen molar-refractivity contribution in [3.8, 4) is 5.75 Å². The zero-order valence-electron chi connectivity index (χ0n) is 9.27. The molecule has 0 fully saturated rings. The minimum absolute atomic E-state index is 0.308. The van der Waals surface area contributed by atoms with Crippen LogP contribution in [0.2, 0.25) is 0 Å². The number of nitrogens with two attached hydrogens (primary N) is 1. The SMILES string of the molecule is COc1ccc(F)c(Nc2ccncc2N)c1. The van der Waals surface area contributed by atoms with Crippen molar-refractivity contribution in [2.75, 3.05) is 18.2 Å². The summed E-state index contributed by atoms with van der Waals surface area (Å²) < 4.78 is 18.6. The van der Waals surface area contributed by atoms with Gasteiger partial charge in [0.2, 0.25) is 0 Å². The van der Waals surface area contributed by atoms with Crippen molar-refractivity contribution in [2.24, 2.45) is 0 Å². The Labute approximate surface area is 98.2 Å². The van der Waals surface area contributed by atoms with Crippen LogP contribution < -0.4 is 15.8 Å². The van der Waals surface area contributed by atoms with E-state index in [0.717, 1.165) is 0 Å². The maximum Gasteiger partial charge on any atom is 0.146 e. The molecule has 1 aromatic carbocycles. The van der Waals surface area contributed by atoms with Gasteiger partial charge < -0.3 is 15.8 Å². The van der Waals surface area contributed by atoms with Gasteiger partial charge >= 0.3 is 0 Å². The fourth-order valence-corrected chi connectivity index (χ4v) is 1.39. The fourth-order valence-electron chi connectivity index (χ4n) is 1.39. The lowest BCUT2D eigenvalue weighted by molar-refractivity contribution is 0.414. The smallest absolute Gasteiger partial charge is 0.146 e. The van der Waals surface area contributed by atoms with Crippen molar-refractivity contribution in [3.05, 3.63) is 42.5 Å². The highest BCUT2D eigenvalue weighted by molar-refractivity contribution is 5.72. The second-order valence-corrected chi connectivity index (χ2v) is 3.43. The molecule has 0 amide bonds. The van der Waals surface area contributed by atoms with Gasteiger partial charge in [0.1, 0.15) is 11.6 Å². The van der Waals surface area contributed by atoms with Gasteiger partial charge in [0.05, 0.1) is 30.4 Å². The van der Waals surface area contributed by atoms with E-state index in [4.69, 9.17) is 10.5 Å². The number of nitrogens with one attached hydrogen (secondary N) is 1. The standard InChI is InChI=1S/C12H12FN3O/c1-17-8-2-3-9(13)12(6-8)16-11-4-5-15-7-10(11)14/h2-7H,14H2,1H3,(H,15,16). The molecule has 0 aliphatic heterocycles. The summed E-state index contributed by atoms with van der Waals surface area (Å²) in [5, 5.41) is 2.90. The number of ether oxygens (including phenoxy) is 1. The zero-order valence-corrected chi connectivity index (χ0v) is 9.27. The Kier molecular flexibility index (Phi) is 3.09. The molecule has 0 bridgehead atoms. The van der Waals surface area contributed by atoms with Gasteiger partial charge in [-0.25, -0.2) is 4.39 Å². The first-order valence-electron chi connectivity index (χ1n) is 5.01. The normalized spacial score (nSPS) is 10.0. The lowest BCUT2D eigenvalue weighted by Crippen LogP contribution is -1.99. The molecule has 2 rings (SSSR count). The van der Waals surface area contributed by atoms with Crippen LogP contribution in [0.3, 0.4) is 0 Å². The maximum atomic E-state index is 13.5. The summed E-state index contributed by atoms with van der Waals surface area (Å²) in [5.74, 6) is 0.198. The number of hydrogen-bond acceptors (Lipinski definition) is 4. The number of pyridine rings is 1. The molecule has 2 aromatic rings. The first-order valence-corrected chi connectivity index (χ1v) is 5.01. The van der Waals surface area contributed by atoms with Crippen LogP contribution in [0.25, 0.3) is 0 Å². The van der Waals surface area contributed by atoms with Crippen LogP contribution in [0.5, 0.6) is 5.75 Å². The molecular formula is C12H12FN3O. The number of halogens is 1. The van der Waals surface area contributed by atoms with Crippen LogP contribution in [0.4, 0.5) is 21.5 Å². The monoisotopic (exact) mass is 233 g/mol. The second-order valence-electron chi connectivity index (χ2n) is 3.43. The van der Waals surface area contributed by atoms with Crippen molar-refractivity contribution in [1.82, 2.24) is 4.98 Å². The van der Waals surface area contributed by atoms with E-state index in [2.05, 4.69) is 10.3 Å². The maximum absolute atomic E-state index is 13.5. The minimum Gasteiger partial charge on any atom is -0.497 e. The van der Waals surface area contributed by atoms with Crippen molar-refractivity contribution >= 4 is 17.1 Å². The Morgan fingerprint density at radius 1 is 1.29 bits per heavy atom. The van der Waals surface area contributed by atoms with Crippen molar-refractivity contribution in [2.45, 2.75) is 0 Å². The molecule has 0 radical (unpaired) electrons. The Hall–Kier alpha value is -2.30. The molecule has 0 spiro atoms. The highest BCUT2D eigenvalue weighted by atomic mass is 19.1. The van der Waals surface area contributed by atoms with E-state index in [1.165, 1.54) is 19.4 Å². The summed E-state index contributed by atoms with van der Waals surface area (Å²) in [4.78, 5) is 3.86. The van der Waals surface area contributed by atoms with Crippen LogP contribution >= 0.6 is 0 Å². The molecule has 17 heavy (non-hydrogen) atoms. The van der Waals surface area contributed by atoms with Crippen LogP contribution in [0, 0.1) is 5.82 Å². The quantitative estimate of drug-likeness (QED) is 0.855. The lowest BCUT2D eigenvalue weighted by atomic mass is 10.2. The van der Waals surface area contributed by atoms with E-state index >= 15 is 0 Å². The Balaban J connectivity index is 2.32. The Morgan fingerprint density at radius 2 is 2.12 bits per heavy atom. The largest absolute Gasteiger partial charge is 0.497 e. The third kappa shape index (κ3) is 2.44. The van der Waals surface area contributed by atoms with Crippen molar-refractivity contribution in [3.63, 3.8) is 0 Å². The van der Waals surface area contributed by atoms with Gasteiger partial charge in [-0.2, -0.15) is 0 Å². The van der Waals surface area contributed by atoms with Gasteiger partial charge in [-0.05, 0) is 18.2 Å². The molecular weight excluding hydrogens is 221 g/mol. The minimum atomic E-state index is -0.373. The molecule has 88 valence electrons. The fraction of sp³-hybridized carbons (Fsp3) is 0.0833. The summed E-state index contributed by atoms with van der Waals surface area (Å²) in [5.41, 5.74) is 7.08. The second kappa shape index (κ2) is 4.69. The number of anilines is 3. The number of nitrogen functional groups attached to an aromatic ring is 1. The van der Waals surface area contributed by atoms with Gasteiger partial charge in [-0.1, -0.05) is 0 Å². The molecule has 0 saturated heterocycles. The molecule has 0 aliphatic carbocycles. The molecule has 0 aliphatic rings. The number of nitrogens with zero attached hydrogens (tertiary/aromatic N) is 1. The van der Waals surface area contributed by atoms with Gasteiger partial charge in [0.15, 0.2) is 0 Å². The highest BCUT2D eigenvalue weighted by Gasteiger charge is 2.06. The summed E-state index contributed by atoms with van der Waals surface area (Å²) in [6.45, 7) is 0. The van der Waals surface area contributed by atoms with Gasteiger partial charge in [-0.3, -0.25) is 4.98 Å². The van der Waals surface area contributed by atoms with Gasteiger partial charge in [-0.15, -0.1) is 0 Å². The number of benzene rings is 1. The number of aromatic nitrogens is 1. The average molecular weight is 233 g/mol. The molecule has 5 heteroatoms. The van der Waals surface area contributed by atoms with E-state index in [9.17, 15) is 4.39 Å². The number of hydrogen-bond donors (Lipinski definition) is 2. The lowest BCUT2D eigenvalue weighted by Gasteiger charge is -2.10. The third-order valence-corrected chi connectivity index (χ3v) is 2.29. The predicted molar refractivity (Wildman–Crippen MR) is 64.9 cm³/mol. The topological polar surface area (TPSA) is 60.2 Å². The van der Waals surface area contributed by atoms with E-state index < -0.39 is 0 Å². The summed E-state index contributed by atoms with van der Waals surface area (Å²) >= 11 is 0. The molecule has 1 aromatic heterocycles. The van der Waals surface area contributed by atoms with Crippen molar-refractivity contribution < 1.29 is 9.13 Å². The van der Waals surface area contributed by atoms with Crippen LogP contribution in [0.15, 0.2) is 36.7 Å². The van der Waals surface area contributed by atoms with Gasteiger partial charge in [0.25, 0.3) is 0 Å². The number of rotatable bonds is 3. The average Bonchev–Trinajstić information content (AvgIpc) is 2.35. The van der Waals surface area contributed by atoms with Crippen molar-refractivity contribution in [1.29, 1.82) is 0 Å². The van der Waals surface area contributed by atoms with Gasteiger partial charge in [0, 0.05) is 12.3 Å². The molecule has 4 nitrogen and oxygen atoms in total. The first kappa shape index (κ1) is 11.2. The van der Waals surface area contributed by atoms with E-state index in [1.54, 1.807) is 24.4 Å². The Bertz CT molecular complexity index is 531.